The highest BCUT2D eigenvalue weighted by Gasteiger charge is 2.41. The molecule has 1 fully saturated rings. The minimum atomic E-state index is -1.69. The maximum absolute atomic E-state index is 13.2. The van der Waals surface area contributed by atoms with Crippen molar-refractivity contribution in [3.05, 3.63) is 54.6 Å². The zero-order valence-electron chi connectivity index (χ0n) is 19.1. The Morgan fingerprint density at radius 3 is 2.56 bits per heavy atom. The molecule has 4 N–H and O–H groups in total. The number of aliphatic hydroxyl groups is 1. The number of aliphatic hydroxyl groups excluding tert-OH is 1. The van der Waals surface area contributed by atoms with Gasteiger partial charge in [-0.3, -0.25) is 19.6 Å². The number of carbonyl (C=O) groups excluding carboxylic acids is 3. The van der Waals surface area contributed by atoms with Gasteiger partial charge in [0.2, 0.25) is 11.8 Å². The van der Waals surface area contributed by atoms with Gasteiger partial charge in [-0.2, -0.15) is 0 Å². The summed E-state index contributed by atoms with van der Waals surface area (Å²) in [5, 5.41) is 22.0. The predicted octanol–water partition coefficient (Wildman–Crippen LogP) is 3.08. The monoisotopic (exact) mass is 469 g/mol. The molecule has 182 valence electrons. The van der Waals surface area contributed by atoms with Gasteiger partial charge in [0.1, 0.15) is 23.6 Å². The number of hydroxylamine groups is 1. The van der Waals surface area contributed by atoms with Crippen molar-refractivity contribution < 1.29 is 29.4 Å². The molecular formula is C25H31N3O6. The van der Waals surface area contributed by atoms with E-state index in [-0.39, 0.29) is 12.3 Å². The SMILES string of the molecule is CCCCC(C(=O)N1CCC[C@H]1C(=O)Nc1cccc(Oc2ccccc2)c1)C(O)C(=O)NO. The molecule has 0 aromatic heterocycles. The Balaban J connectivity index is 1.70. The lowest BCUT2D eigenvalue weighted by atomic mass is 9.93. The topological polar surface area (TPSA) is 128 Å². The summed E-state index contributed by atoms with van der Waals surface area (Å²) < 4.78 is 5.81. The summed E-state index contributed by atoms with van der Waals surface area (Å²) in [4.78, 5) is 39.5. The average molecular weight is 470 g/mol. The predicted molar refractivity (Wildman–Crippen MR) is 125 cm³/mol. The number of nitrogens with one attached hydrogen (secondary N) is 2. The van der Waals surface area contributed by atoms with Crippen LogP contribution in [0.15, 0.2) is 54.6 Å². The fourth-order valence-electron chi connectivity index (χ4n) is 4.09. The van der Waals surface area contributed by atoms with Crippen molar-refractivity contribution in [1.29, 1.82) is 0 Å². The third kappa shape index (κ3) is 6.33. The fourth-order valence-corrected chi connectivity index (χ4v) is 4.09. The number of hydrogen-bond donors (Lipinski definition) is 4. The fraction of sp³-hybridized carbons (Fsp3) is 0.400. The number of anilines is 1. The van der Waals surface area contributed by atoms with Gasteiger partial charge in [0, 0.05) is 18.3 Å². The highest BCUT2D eigenvalue weighted by Crippen LogP contribution is 2.27. The van der Waals surface area contributed by atoms with E-state index in [1.54, 1.807) is 24.3 Å². The Morgan fingerprint density at radius 1 is 1.12 bits per heavy atom. The van der Waals surface area contributed by atoms with E-state index in [1.165, 1.54) is 10.4 Å². The first-order chi connectivity index (χ1) is 16.4. The number of rotatable bonds is 10. The molecule has 0 spiro atoms. The van der Waals surface area contributed by atoms with Crippen LogP contribution in [0.5, 0.6) is 11.5 Å². The van der Waals surface area contributed by atoms with Crippen LogP contribution in [0, 0.1) is 5.92 Å². The first kappa shape index (κ1) is 25.2. The molecule has 2 unspecified atom stereocenters. The van der Waals surface area contributed by atoms with Crippen LogP contribution < -0.4 is 15.5 Å². The number of amides is 3. The molecule has 9 nitrogen and oxygen atoms in total. The highest BCUT2D eigenvalue weighted by molar-refractivity contribution is 5.98. The van der Waals surface area contributed by atoms with E-state index >= 15 is 0 Å². The first-order valence-corrected chi connectivity index (χ1v) is 11.5. The molecule has 0 aliphatic carbocycles. The highest BCUT2D eigenvalue weighted by atomic mass is 16.5. The molecule has 9 heteroatoms. The van der Waals surface area contributed by atoms with Crippen LogP contribution >= 0.6 is 0 Å². The molecule has 0 radical (unpaired) electrons. The molecule has 3 atom stereocenters. The number of unbranched alkanes of at least 4 members (excludes halogenated alkanes) is 1. The van der Waals surface area contributed by atoms with Gasteiger partial charge in [0.15, 0.2) is 0 Å². The number of likely N-dealkylation sites (tertiary alicyclic amines) is 1. The molecule has 1 aliphatic heterocycles. The molecule has 3 rings (SSSR count). The van der Waals surface area contributed by atoms with Gasteiger partial charge in [0.25, 0.3) is 5.91 Å². The second-order valence-corrected chi connectivity index (χ2v) is 8.29. The molecule has 2 aromatic rings. The first-order valence-electron chi connectivity index (χ1n) is 11.5. The number of para-hydroxylation sites is 1. The van der Waals surface area contributed by atoms with Gasteiger partial charge in [-0.15, -0.1) is 0 Å². The standard InChI is InChI=1S/C25H31N3O6/c1-2-3-13-20(22(29)24(31)27-33)25(32)28-15-8-14-21(28)23(30)26-17-9-7-12-19(16-17)34-18-10-5-4-6-11-18/h4-7,9-12,16,20-22,29,33H,2-3,8,13-15H2,1H3,(H,26,30)(H,27,31)/t20?,21-,22?/m0/s1. The summed E-state index contributed by atoms with van der Waals surface area (Å²) >= 11 is 0. The number of ether oxygens (including phenoxy) is 1. The normalized spacial score (nSPS) is 17.0. The number of hydrogen-bond acceptors (Lipinski definition) is 6. The van der Waals surface area contributed by atoms with Crippen LogP contribution in [0.4, 0.5) is 5.69 Å². The van der Waals surface area contributed by atoms with Crippen molar-refractivity contribution in [2.24, 2.45) is 5.92 Å². The van der Waals surface area contributed by atoms with Crippen LogP contribution in [0.3, 0.4) is 0 Å². The van der Waals surface area contributed by atoms with Gasteiger partial charge in [-0.25, -0.2) is 5.48 Å². The van der Waals surface area contributed by atoms with Crippen LogP contribution in [-0.4, -0.2) is 51.6 Å². The van der Waals surface area contributed by atoms with Crippen molar-refractivity contribution in [3.63, 3.8) is 0 Å². The van der Waals surface area contributed by atoms with E-state index in [0.29, 0.717) is 43.0 Å². The minimum Gasteiger partial charge on any atom is -0.457 e. The largest absolute Gasteiger partial charge is 0.457 e. The maximum Gasteiger partial charge on any atom is 0.272 e. The molecule has 0 bridgehead atoms. The van der Waals surface area contributed by atoms with Crippen molar-refractivity contribution in [2.75, 3.05) is 11.9 Å². The van der Waals surface area contributed by atoms with Gasteiger partial charge in [0.05, 0.1) is 5.92 Å². The molecule has 1 saturated heterocycles. The zero-order chi connectivity index (χ0) is 24.5. The van der Waals surface area contributed by atoms with E-state index in [0.717, 1.165) is 6.42 Å². The quantitative estimate of drug-likeness (QED) is 0.313. The Kier molecular flexibility index (Phi) is 9.00. The van der Waals surface area contributed by atoms with E-state index in [1.807, 2.05) is 37.3 Å². The van der Waals surface area contributed by atoms with Crippen LogP contribution in [0.1, 0.15) is 39.0 Å². The number of benzene rings is 2. The second kappa shape index (κ2) is 12.2. The molecule has 1 heterocycles. The van der Waals surface area contributed by atoms with Crippen molar-refractivity contribution in [3.8, 4) is 11.5 Å². The molecule has 2 aromatic carbocycles. The summed E-state index contributed by atoms with van der Waals surface area (Å²) in [6.07, 6.45) is 1.06. The maximum atomic E-state index is 13.2. The zero-order valence-corrected chi connectivity index (χ0v) is 19.1. The lowest BCUT2D eigenvalue weighted by Crippen LogP contribution is -2.50. The van der Waals surface area contributed by atoms with Crippen molar-refractivity contribution >= 4 is 23.4 Å². The lowest BCUT2D eigenvalue weighted by molar-refractivity contribution is -0.152. The molecular weight excluding hydrogens is 438 g/mol. The lowest BCUT2D eigenvalue weighted by Gasteiger charge is -2.30. The van der Waals surface area contributed by atoms with Crippen molar-refractivity contribution in [1.82, 2.24) is 10.4 Å². The average Bonchev–Trinajstić information content (AvgIpc) is 3.34. The molecule has 1 aliphatic rings. The Hall–Kier alpha value is -3.43. The molecule has 3 amide bonds. The summed E-state index contributed by atoms with van der Waals surface area (Å²) in [7, 11) is 0. The van der Waals surface area contributed by atoms with Gasteiger partial charge < -0.3 is 20.1 Å². The third-order valence-corrected chi connectivity index (χ3v) is 5.86. The second-order valence-electron chi connectivity index (χ2n) is 8.29. The van der Waals surface area contributed by atoms with Gasteiger partial charge in [-0.05, 0) is 43.5 Å². The number of carbonyl (C=O) groups is 3. The molecule has 0 saturated carbocycles. The van der Waals surface area contributed by atoms with E-state index in [4.69, 9.17) is 9.94 Å². The Labute approximate surface area is 198 Å². The van der Waals surface area contributed by atoms with Crippen molar-refractivity contribution in [2.45, 2.75) is 51.2 Å². The van der Waals surface area contributed by atoms with Crippen LogP contribution in [0.25, 0.3) is 0 Å². The third-order valence-electron chi connectivity index (χ3n) is 5.86. The summed E-state index contributed by atoms with van der Waals surface area (Å²) in [5.41, 5.74) is 1.93. The summed E-state index contributed by atoms with van der Waals surface area (Å²) in [6.45, 7) is 2.28. The minimum absolute atomic E-state index is 0.271. The smallest absolute Gasteiger partial charge is 0.272 e. The Bertz CT molecular complexity index is 984. The van der Waals surface area contributed by atoms with E-state index in [9.17, 15) is 19.5 Å². The van der Waals surface area contributed by atoms with E-state index in [2.05, 4.69) is 5.32 Å². The Morgan fingerprint density at radius 2 is 1.85 bits per heavy atom. The summed E-state index contributed by atoms with van der Waals surface area (Å²) in [5.74, 6) is -1.67. The number of nitrogens with zero attached hydrogens (tertiary/aromatic N) is 1. The van der Waals surface area contributed by atoms with E-state index < -0.39 is 29.9 Å². The van der Waals surface area contributed by atoms with Crippen LogP contribution in [-0.2, 0) is 14.4 Å². The molecule has 34 heavy (non-hydrogen) atoms. The summed E-state index contributed by atoms with van der Waals surface area (Å²) in [6, 6.07) is 15.5. The van der Waals surface area contributed by atoms with Gasteiger partial charge >= 0.3 is 0 Å². The van der Waals surface area contributed by atoms with Crippen LogP contribution in [0.2, 0.25) is 0 Å². The van der Waals surface area contributed by atoms with Gasteiger partial charge in [-0.1, -0.05) is 44.0 Å².